The van der Waals surface area contributed by atoms with Crippen LogP contribution in [-0.2, 0) is 0 Å². The molecule has 0 aliphatic rings. The second-order valence-electron chi connectivity index (χ2n) is 21.5. The van der Waals surface area contributed by atoms with Crippen molar-refractivity contribution >= 4 is 43.6 Å². The molecule has 0 atom stereocenters. The fourth-order valence-corrected chi connectivity index (χ4v) is 11.9. The molecule has 14 aromatic rings. The zero-order chi connectivity index (χ0) is 61.6. The van der Waals surface area contributed by atoms with Crippen LogP contribution in [0.15, 0.2) is 224 Å². The molecule has 0 saturated heterocycles. The van der Waals surface area contributed by atoms with Gasteiger partial charge < -0.3 is 9.13 Å². The van der Waals surface area contributed by atoms with Crippen LogP contribution in [0.25, 0.3) is 134 Å². The Morgan fingerprint density at radius 2 is 0.456 bits per heavy atom. The van der Waals surface area contributed by atoms with Gasteiger partial charge in [0.25, 0.3) is 0 Å². The summed E-state index contributed by atoms with van der Waals surface area (Å²) in [6, 6.07) is 87.9. The van der Waals surface area contributed by atoms with Crippen molar-refractivity contribution in [2.45, 2.75) is 0 Å². The normalized spacial score (nSPS) is 10.8. The van der Waals surface area contributed by atoms with Crippen molar-refractivity contribution in [3.05, 3.63) is 269 Å². The SMILES string of the molecule is N#Cc1cc(C#N)cc(-c2ccc3c(c2)c2cc(-c4cc(C#N)cc(C#N)c4)ccc2n3-c2cc(-c3nc(-c4ccccc4)nc(-c4ccccc4)n3)cc(-n3c4ccc(-c5cc(C#N)cc(C#N)c5)cc4c4cc(-c5cc(C#N)cc(C#N)c5)ccc43)c2)c1. The van der Waals surface area contributed by atoms with Gasteiger partial charge in [0.1, 0.15) is 0 Å². The van der Waals surface area contributed by atoms with Crippen LogP contribution >= 0.6 is 0 Å². The Hall–Kier alpha value is -14.1. The molecule has 0 spiro atoms. The van der Waals surface area contributed by atoms with Crippen LogP contribution in [0.3, 0.4) is 0 Å². The van der Waals surface area contributed by atoms with Gasteiger partial charge in [-0.1, -0.05) is 84.9 Å². The molecule has 90 heavy (non-hydrogen) atoms. The smallest absolute Gasteiger partial charge is 0.164 e. The maximum Gasteiger partial charge on any atom is 0.164 e. The van der Waals surface area contributed by atoms with Crippen LogP contribution in [0, 0.1) is 90.6 Å². The first-order valence-electron chi connectivity index (χ1n) is 28.2. The number of hydrogen-bond donors (Lipinski definition) is 0. The van der Waals surface area contributed by atoms with Crippen molar-refractivity contribution in [1.29, 1.82) is 42.1 Å². The number of fused-ring (bicyclic) bond motifs is 6. The molecule has 410 valence electrons. The number of nitrogens with zero attached hydrogens (tertiary/aromatic N) is 13. The Morgan fingerprint density at radius 1 is 0.211 bits per heavy atom. The van der Waals surface area contributed by atoms with Crippen molar-refractivity contribution in [3.63, 3.8) is 0 Å². The summed E-state index contributed by atoms with van der Waals surface area (Å²) in [5.41, 5.74) is 15.3. The highest BCUT2D eigenvalue weighted by atomic mass is 15.0. The fourth-order valence-electron chi connectivity index (χ4n) is 11.9. The minimum Gasteiger partial charge on any atom is -0.309 e. The molecule has 0 radical (unpaired) electrons. The molecule has 0 N–H and O–H groups in total. The lowest BCUT2D eigenvalue weighted by Gasteiger charge is -2.16. The zero-order valence-corrected chi connectivity index (χ0v) is 47.2. The van der Waals surface area contributed by atoms with E-state index < -0.39 is 0 Å². The molecule has 13 nitrogen and oxygen atoms in total. The van der Waals surface area contributed by atoms with Crippen LogP contribution in [0.5, 0.6) is 0 Å². The van der Waals surface area contributed by atoms with E-state index in [-0.39, 0.29) is 0 Å². The number of aromatic nitrogens is 5. The summed E-state index contributed by atoms with van der Waals surface area (Å²) in [7, 11) is 0. The molecule has 0 aliphatic heterocycles. The minimum absolute atomic E-state index is 0.341. The maximum atomic E-state index is 10.1. The van der Waals surface area contributed by atoms with Gasteiger partial charge in [-0.3, -0.25) is 0 Å². The molecule has 0 aliphatic carbocycles. The van der Waals surface area contributed by atoms with Gasteiger partial charge in [0.2, 0.25) is 0 Å². The van der Waals surface area contributed by atoms with Gasteiger partial charge >= 0.3 is 0 Å². The van der Waals surface area contributed by atoms with E-state index in [0.717, 1.165) is 77.0 Å². The monoisotopic (exact) mass is 1140 g/mol. The summed E-state index contributed by atoms with van der Waals surface area (Å²) in [4.78, 5) is 15.6. The van der Waals surface area contributed by atoms with Crippen LogP contribution in [0.2, 0.25) is 0 Å². The number of rotatable bonds is 9. The molecule has 3 aromatic heterocycles. The predicted octanol–water partition coefficient (Wildman–Crippen LogP) is 16.7. The second-order valence-corrected chi connectivity index (χ2v) is 21.5. The second kappa shape index (κ2) is 22.2. The molecule has 0 unspecified atom stereocenters. The van der Waals surface area contributed by atoms with Crippen molar-refractivity contribution < 1.29 is 0 Å². The topological polar surface area (TPSA) is 239 Å². The first-order chi connectivity index (χ1) is 44.1. The quantitative estimate of drug-likeness (QED) is 0.132. The van der Waals surface area contributed by atoms with E-state index in [2.05, 4.69) is 100 Å². The Kier molecular flexibility index (Phi) is 13.3. The van der Waals surface area contributed by atoms with Gasteiger partial charge in [-0.15, -0.1) is 0 Å². The fraction of sp³-hybridized carbons (Fsp3) is 0. The molecule has 14 rings (SSSR count). The molecule has 13 heteroatoms. The average Bonchev–Trinajstić information content (AvgIpc) is 1.59. The van der Waals surface area contributed by atoms with E-state index in [9.17, 15) is 42.1 Å². The highest BCUT2D eigenvalue weighted by Gasteiger charge is 2.23. The lowest BCUT2D eigenvalue weighted by atomic mass is 9.97. The van der Waals surface area contributed by atoms with Crippen molar-refractivity contribution in [3.8, 4) is 139 Å². The Bertz CT molecular complexity index is 5030. The molecule has 0 fully saturated rings. The third-order valence-corrected chi connectivity index (χ3v) is 16.0. The standard InChI is InChI=1S/C77H37N13/c78-38-46-19-47(39-79)24-60(23-46)56-11-15-71-67(33-56)68-34-57(61-25-48(40-80)20-49(26-61)41-81)12-16-72(68)89(71)65-31-64(77-87-75(54-7-3-1-4-8-54)86-76(88-77)55-9-5-2-6-10-55)32-66(37-65)90-73-17-13-58(62-27-50(42-82)21-51(28-62)43-83)35-69(73)70-36-59(14-18-74(70)90)63-29-52(44-84)22-53(30-63)45-85/h1-37H. The predicted molar refractivity (Wildman–Crippen MR) is 344 cm³/mol. The van der Waals surface area contributed by atoms with E-state index >= 15 is 0 Å². The van der Waals surface area contributed by atoms with E-state index in [0.29, 0.717) is 101 Å². The molecule has 11 aromatic carbocycles. The van der Waals surface area contributed by atoms with Crippen LogP contribution < -0.4 is 0 Å². The summed E-state index contributed by atoms with van der Waals surface area (Å²) in [6.07, 6.45) is 0. The van der Waals surface area contributed by atoms with Gasteiger partial charge in [0, 0.05) is 49.6 Å². The lowest BCUT2D eigenvalue weighted by Crippen LogP contribution is -2.03. The first kappa shape index (κ1) is 53.9. The van der Waals surface area contributed by atoms with Gasteiger partial charge in [0.15, 0.2) is 17.5 Å². The molecule has 0 amide bonds. The van der Waals surface area contributed by atoms with Gasteiger partial charge in [-0.25, -0.2) is 15.0 Å². The Morgan fingerprint density at radius 3 is 0.700 bits per heavy atom. The lowest BCUT2D eigenvalue weighted by molar-refractivity contribution is 1.07. The average molecular weight is 1140 g/mol. The van der Waals surface area contributed by atoms with Gasteiger partial charge in [0.05, 0.1) is 115 Å². The number of benzene rings is 11. The Labute approximate surface area is 514 Å². The number of nitriles is 8. The number of hydrogen-bond acceptors (Lipinski definition) is 11. The van der Waals surface area contributed by atoms with Crippen LogP contribution in [0.1, 0.15) is 44.5 Å². The minimum atomic E-state index is 0.341. The molecule has 3 heterocycles. The summed E-state index contributed by atoms with van der Waals surface area (Å²) in [5.74, 6) is 1.30. The summed E-state index contributed by atoms with van der Waals surface area (Å²) in [5, 5.41) is 83.9. The molecule has 0 bridgehead atoms. The van der Waals surface area contributed by atoms with Gasteiger partial charge in [-0.2, -0.15) is 42.1 Å². The van der Waals surface area contributed by atoms with Crippen molar-refractivity contribution in [2.24, 2.45) is 0 Å². The van der Waals surface area contributed by atoms with E-state index in [4.69, 9.17) is 15.0 Å². The zero-order valence-electron chi connectivity index (χ0n) is 47.2. The van der Waals surface area contributed by atoms with E-state index in [1.54, 1.807) is 72.8 Å². The van der Waals surface area contributed by atoms with E-state index in [1.165, 1.54) is 0 Å². The molecule has 0 saturated carbocycles. The van der Waals surface area contributed by atoms with E-state index in [1.807, 2.05) is 109 Å². The largest absolute Gasteiger partial charge is 0.309 e. The summed E-state index contributed by atoms with van der Waals surface area (Å²) >= 11 is 0. The third-order valence-electron chi connectivity index (χ3n) is 16.0. The van der Waals surface area contributed by atoms with Crippen molar-refractivity contribution in [1.82, 2.24) is 24.1 Å². The molecular weight excluding hydrogens is 1110 g/mol. The van der Waals surface area contributed by atoms with Crippen LogP contribution in [0.4, 0.5) is 0 Å². The Balaban J connectivity index is 1.09. The highest BCUT2D eigenvalue weighted by Crippen LogP contribution is 2.43. The third kappa shape index (κ3) is 9.65. The van der Waals surface area contributed by atoms with Gasteiger partial charge in [-0.05, 0) is 184 Å². The molecular formula is C77H37N13. The highest BCUT2D eigenvalue weighted by molar-refractivity contribution is 6.13. The summed E-state index contributed by atoms with van der Waals surface area (Å²) < 4.78 is 4.35. The first-order valence-corrected chi connectivity index (χ1v) is 28.2. The summed E-state index contributed by atoms with van der Waals surface area (Å²) in [6.45, 7) is 0. The van der Waals surface area contributed by atoms with Crippen LogP contribution in [-0.4, -0.2) is 24.1 Å². The van der Waals surface area contributed by atoms with Crippen molar-refractivity contribution in [2.75, 3.05) is 0 Å². The maximum absolute atomic E-state index is 10.1.